The second kappa shape index (κ2) is 9.15. The first-order valence-electron chi connectivity index (χ1n) is 12.6. The van der Waals surface area contributed by atoms with Crippen molar-refractivity contribution < 1.29 is 4.79 Å². The van der Waals surface area contributed by atoms with Crippen LogP contribution < -0.4 is 5.32 Å². The van der Waals surface area contributed by atoms with Crippen molar-refractivity contribution >= 4 is 33.8 Å². The molecule has 0 radical (unpaired) electrons. The van der Waals surface area contributed by atoms with Gasteiger partial charge in [-0.25, -0.2) is 15.0 Å². The summed E-state index contributed by atoms with van der Waals surface area (Å²) < 4.78 is 0. The Hall–Kier alpha value is -4.99. The number of hydrogen-bond acceptors (Lipinski definition) is 7. The van der Waals surface area contributed by atoms with E-state index < -0.39 is 0 Å². The normalized spacial score (nSPS) is 13.9. The first-order valence-corrected chi connectivity index (χ1v) is 12.6. The second-order valence-electron chi connectivity index (χ2n) is 9.48. The molecule has 0 unspecified atom stereocenters. The molecule has 1 amide bonds. The number of carbonyl (C=O) groups is 1. The quantitative estimate of drug-likeness (QED) is 0.297. The molecule has 0 aromatic carbocycles. The first-order chi connectivity index (χ1) is 18.7. The van der Waals surface area contributed by atoms with E-state index in [4.69, 9.17) is 4.98 Å². The van der Waals surface area contributed by atoms with Gasteiger partial charge >= 0.3 is 0 Å². The molecule has 6 aromatic rings. The number of hydrogen-bond donors (Lipinski definition) is 3. The fraction of sp³-hybridized carbons (Fsp3) is 0.179. The lowest BCUT2D eigenvalue weighted by atomic mass is 10.1. The summed E-state index contributed by atoms with van der Waals surface area (Å²) in [5.41, 5.74) is 6.73. The number of fused-ring (bicyclic) bond motifs is 2. The molecule has 1 aliphatic carbocycles. The Labute approximate surface area is 217 Å². The lowest BCUT2D eigenvalue weighted by molar-refractivity contribution is -0.119. The standard InChI is InChI=1S/C28H23N9O/c38-28(16-5-1-2-6-16)33-19-11-17(13-29-15-19)18-12-21-24(36-37-25(21)32-14-18)27-34-23-20(8-10-31-26(23)35-27)22-7-3-4-9-30-22/h3-4,7-16H,1-2,5-6H2,(H,33,38)(H,31,34,35)(H,32,36,37). The smallest absolute Gasteiger partial charge is 0.227 e. The van der Waals surface area contributed by atoms with Crippen molar-refractivity contribution in [1.29, 1.82) is 0 Å². The SMILES string of the molecule is O=C(Nc1cncc(-c2cnc3[nH]nc(-c4nc5c(-c6ccccn6)ccnc5[nH]4)c3c2)c1)C1CCCC1. The highest BCUT2D eigenvalue weighted by molar-refractivity contribution is 5.96. The lowest BCUT2D eigenvalue weighted by Gasteiger charge is -2.11. The summed E-state index contributed by atoms with van der Waals surface area (Å²) in [5.74, 6) is 0.731. The molecule has 0 bridgehead atoms. The van der Waals surface area contributed by atoms with Crippen LogP contribution in [0.2, 0.25) is 0 Å². The summed E-state index contributed by atoms with van der Waals surface area (Å²) in [7, 11) is 0. The van der Waals surface area contributed by atoms with Crippen LogP contribution in [0, 0.1) is 5.92 Å². The minimum absolute atomic E-state index is 0.0655. The average molecular weight is 502 g/mol. The molecule has 186 valence electrons. The number of amides is 1. The van der Waals surface area contributed by atoms with Gasteiger partial charge in [-0.1, -0.05) is 18.9 Å². The van der Waals surface area contributed by atoms with Crippen LogP contribution >= 0.6 is 0 Å². The molecule has 10 nitrogen and oxygen atoms in total. The van der Waals surface area contributed by atoms with Gasteiger partial charge in [0.15, 0.2) is 17.1 Å². The van der Waals surface area contributed by atoms with E-state index in [1.54, 1.807) is 31.0 Å². The van der Waals surface area contributed by atoms with Crippen molar-refractivity contribution in [3.05, 3.63) is 67.4 Å². The van der Waals surface area contributed by atoms with Crippen molar-refractivity contribution in [2.45, 2.75) is 25.7 Å². The van der Waals surface area contributed by atoms with E-state index in [0.29, 0.717) is 28.5 Å². The molecule has 10 heteroatoms. The summed E-state index contributed by atoms with van der Waals surface area (Å²) in [6.45, 7) is 0. The number of imidazole rings is 1. The number of nitrogens with zero attached hydrogens (tertiary/aromatic N) is 6. The Morgan fingerprint density at radius 1 is 0.921 bits per heavy atom. The number of aromatic nitrogens is 8. The van der Waals surface area contributed by atoms with Crippen LogP contribution in [0.3, 0.4) is 0 Å². The minimum Gasteiger partial charge on any atom is -0.324 e. The zero-order chi connectivity index (χ0) is 25.5. The molecule has 1 aliphatic rings. The number of anilines is 1. The average Bonchev–Trinajstić information content (AvgIpc) is 3.73. The monoisotopic (exact) mass is 501 g/mol. The van der Waals surface area contributed by atoms with Gasteiger partial charge in [-0.2, -0.15) is 5.10 Å². The maximum atomic E-state index is 12.6. The van der Waals surface area contributed by atoms with Gasteiger partial charge in [-0.3, -0.25) is 19.9 Å². The fourth-order valence-corrected chi connectivity index (χ4v) is 5.09. The van der Waals surface area contributed by atoms with Gasteiger partial charge in [0.2, 0.25) is 5.91 Å². The highest BCUT2D eigenvalue weighted by atomic mass is 16.1. The van der Waals surface area contributed by atoms with Gasteiger partial charge in [0.1, 0.15) is 11.2 Å². The molecule has 38 heavy (non-hydrogen) atoms. The Morgan fingerprint density at radius 2 is 1.82 bits per heavy atom. The maximum Gasteiger partial charge on any atom is 0.227 e. The topological polar surface area (TPSA) is 138 Å². The molecular weight excluding hydrogens is 478 g/mol. The van der Waals surface area contributed by atoms with Crippen LogP contribution in [0.15, 0.2) is 67.4 Å². The van der Waals surface area contributed by atoms with E-state index in [2.05, 4.69) is 40.4 Å². The molecule has 0 atom stereocenters. The Balaban J connectivity index is 1.25. The van der Waals surface area contributed by atoms with Crippen molar-refractivity contribution in [3.8, 4) is 33.9 Å². The van der Waals surface area contributed by atoms with Gasteiger partial charge in [0.25, 0.3) is 0 Å². The van der Waals surface area contributed by atoms with Crippen molar-refractivity contribution in [2.75, 3.05) is 5.32 Å². The van der Waals surface area contributed by atoms with Crippen LogP contribution in [-0.2, 0) is 4.79 Å². The van der Waals surface area contributed by atoms with Crippen molar-refractivity contribution in [1.82, 2.24) is 40.1 Å². The van der Waals surface area contributed by atoms with E-state index in [1.807, 2.05) is 36.4 Å². The van der Waals surface area contributed by atoms with E-state index in [1.165, 1.54) is 0 Å². The lowest BCUT2D eigenvalue weighted by Crippen LogP contribution is -2.20. The summed E-state index contributed by atoms with van der Waals surface area (Å²) >= 11 is 0. The molecule has 0 spiro atoms. The number of rotatable bonds is 5. The molecule has 6 heterocycles. The molecule has 0 aliphatic heterocycles. The Morgan fingerprint density at radius 3 is 2.68 bits per heavy atom. The first kappa shape index (κ1) is 22.2. The van der Waals surface area contributed by atoms with Gasteiger partial charge in [-0.15, -0.1) is 0 Å². The van der Waals surface area contributed by atoms with Crippen LogP contribution in [0.4, 0.5) is 5.69 Å². The summed E-state index contributed by atoms with van der Waals surface area (Å²) in [5, 5.41) is 11.3. The third-order valence-corrected chi connectivity index (χ3v) is 7.03. The summed E-state index contributed by atoms with van der Waals surface area (Å²) in [6, 6.07) is 11.6. The van der Waals surface area contributed by atoms with E-state index in [-0.39, 0.29) is 11.8 Å². The molecule has 1 fully saturated rings. The number of carbonyl (C=O) groups excluding carboxylic acids is 1. The minimum atomic E-state index is 0.0655. The van der Waals surface area contributed by atoms with Crippen LogP contribution in [0.1, 0.15) is 25.7 Å². The number of H-pyrrole nitrogens is 2. The van der Waals surface area contributed by atoms with Gasteiger partial charge in [0.05, 0.1) is 23.0 Å². The van der Waals surface area contributed by atoms with Crippen LogP contribution in [-0.4, -0.2) is 46.0 Å². The summed E-state index contributed by atoms with van der Waals surface area (Å²) in [4.78, 5) is 38.6. The van der Waals surface area contributed by atoms with Crippen LogP contribution in [0.5, 0.6) is 0 Å². The van der Waals surface area contributed by atoms with Gasteiger partial charge in [0, 0.05) is 47.4 Å². The highest BCUT2D eigenvalue weighted by Crippen LogP contribution is 2.32. The number of pyridine rings is 4. The van der Waals surface area contributed by atoms with E-state index in [0.717, 1.165) is 59.0 Å². The van der Waals surface area contributed by atoms with Gasteiger partial charge in [-0.05, 0) is 43.2 Å². The summed E-state index contributed by atoms with van der Waals surface area (Å²) in [6.07, 6.45) is 12.8. The Bertz CT molecular complexity index is 1780. The maximum absolute atomic E-state index is 12.6. The predicted octanol–water partition coefficient (Wildman–Crippen LogP) is 5.15. The zero-order valence-corrected chi connectivity index (χ0v) is 20.3. The largest absolute Gasteiger partial charge is 0.324 e. The third kappa shape index (κ3) is 3.96. The number of aromatic amines is 2. The highest BCUT2D eigenvalue weighted by Gasteiger charge is 2.23. The Kier molecular flexibility index (Phi) is 5.35. The molecule has 7 rings (SSSR count). The van der Waals surface area contributed by atoms with E-state index >= 15 is 0 Å². The molecule has 1 saturated carbocycles. The zero-order valence-electron chi connectivity index (χ0n) is 20.3. The number of nitrogens with one attached hydrogen (secondary N) is 3. The van der Waals surface area contributed by atoms with E-state index in [9.17, 15) is 4.79 Å². The predicted molar refractivity (Wildman–Crippen MR) is 144 cm³/mol. The molecule has 0 saturated heterocycles. The third-order valence-electron chi connectivity index (χ3n) is 7.03. The van der Waals surface area contributed by atoms with Crippen molar-refractivity contribution in [2.24, 2.45) is 5.92 Å². The van der Waals surface area contributed by atoms with Gasteiger partial charge < -0.3 is 10.3 Å². The molecule has 3 N–H and O–H groups in total. The van der Waals surface area contributed by atoms with Crippen LogP contribution in [0.25, 0.3) is 56.1 Å². The fourth-order valence-electron chi connectivity index (χ4n) is 5.09. The molecule has 6 aromatic heterocycles. The second-order valence-corrected chi connectivity index (χ2v) is 9.48. The molecular formula is C28H23N9O. The van der Waals surface area contributed by atoms with Crippen molar-refractivity contribution in [3.63, 3.8) is 0 Å².